The minimum atomic E-state index is -3.41. The standard InChI is InChI=1S/C16H16N2O2S3/c1-11-3-6-13(7-4-11)18-23(19,20)10-21-16-17-14-9-12(2)5-8-15(14)22-16/h3-9,18H,10H2,1-2H3. The van der Waals surface area contributed by atoms with Gasteiger partial charge in [0.2, 0.25) is 10.0 Å². The molecule has 1 N–H and O–H groups in total. The Hall–Kier alpha value is -1.57. The Morgan fingerprint density at radius 2 is 1.78 bits per heavy atom. The first-order chi connectivity index (χ1) is 10.9. The molecule has 2 aromatic carbocycles. The van der Waals surface area contributed by atoms with Crippen molar-refractivity contribution in [2.24, 2.45) is 0 Å². The van der Waals surface area contributed by atoms with Crippen LogP contribution in [0.1, 0.15) is 11.1 Å². The smallest absolute Gasteiger partial charge is 0.242 e. The largest absolute Gasteiger partial charge is 0.283 e. The summed E-state index contributed by atoms with van der Waals surface area (Å²) in [5.41, 5.74) is 3.73. The number of sulfonamides is 1. The van der Waals surface area contributed by atoms with Crippen LogP contribution in [0.25, 0.3) is 10.2 Å². The fourth-order valence-corrected chi connectivity index (χ4v) is 5.57. The third kappa shape index (κ3) is 4.25. The van der Waals surface area contributed by atoms with Crippen LogP contribution in [-0.4, -0.2) is 18.5 Å². The highest BCUT2D eigenvalue weighted by Gasteiger charge is 2.13. The molecule has 0 spiro atoms. The van der Waals surface area contributed by atoms with Gasteiger partial charge in [0.25, 0.3) is 0 Å². The molecule has 0 saturated heterocycles. The van der Waals surface area contributed by atoms with Crippen molar-refractivity contribution in [2.75, 3.05) is 9.81 Å². The minimum absolute atomic E-state index is 0.0559. The van der Waals surface area contributed by atoms with Gasteiger partial charge < -0.3 is 0 Å². The average Bonchev–Trinajstić information content (AvgIpc) is 2.89. The van der Waals surface area contributed by atoms with E-state index in [9.17, 15) is 8.42 Å². The molecule has 4 nitrogen and oxygen atoms in total. The lowest BCUT2D eigenvalue weighted by Crippen LogP contribution is -2.14. The SMILES string of the molecule is Cc1ccc(NS(=O)(=O)CSc2nc3cc(C)ccc3s2)cc1. The van der Waals surface area contributed by atoms with E-state index in [2.05, 4.69) is 9.71 Å². The summed E-state index contributed by atoms with van der Waals surface area (Å²) in [5.74, 6) is 0. The number of nitrogens with zero attached hydrogens (tertiary/aromatic N) is 1. The third-order valence-corrected chi connectivity index (χ3v) is 7.22. The van der Waals surface area contributed by atoms with E-state index in [1.54, 1.807) is 12.1 Å². The first kappa shape index (κ1) is 16.3. The summed E-state index contributed by atoms with van der Waals surface area (Å²) in [4.78, 5) is 4.48. The number of anilines is 1. The van der Waals surface area contributed by atoms with E-state index in [0.29, 0.717) is 5.69 Å². The molecule has 23 heavy (non-hydrogen) atoms. The number of hydrogen-bond donors (Lipinski definition) is 1. The van der Waals surface area contributed by atoms with Crippen molar-refractivity contribution < 1.29 is 8.42 Å². The number of aryl methyl sites for hydroxylation is 2. The highest BCUT2D eigenvalue weighted by molar-refractivity contribution is 8.13. The first-order valence-corrected chi connectivity index (χ1v) is 10.4. The Morgan fingerprint density at radius 3 is 2.52 bits per heavy atom. The van der Waals surface area contributed by atoms with Gasteiger partial charge >= 0.3 is 0 Å². The fraction of sp³-hybridized carbons (Fsp3) is 0.188. The van der Waals surface area contributed by atoms with Gasteiger partial charge in [-0.25, -0.2) is 13.4 Å². The van der Waals surface area contributed by atoms with E-state index in [1.165, 1.54) is 23.1 Å². The molecule has 120 valence electrons. The van der Waals surface area contributed by atoms with Gasteiger partial charge in [-0.2, -0.15) is 0 Å². The second-order valence-corrected chi connectivity index (χ2v) is 9.64. The van der Waals surface area contributed by atoms with E-state index in [1.807, 2.05) is 44.2 Å². The highest BCUT2D eigenvalue weighted by atomic mass is 32.3. The number of benzene rings is 2. The van der Waals surface area contributed by atoms with Crippen molar-refractivity contribution in [3.05, 3.63) is 53.6 Å². The van der Waals surface area contributed by atoms with Crippen LogP contribution < -0.4 is 4.72 Å². The Labute approximate surface area is 144 Å². The Bertz CT molecular complexity index is 932. The number of thiazole rings is 1. The maximum atomic E-state index is 12.2. The van der Waals surface area contributed by atoms with Gasteiger partial charge in [-0.3, -0.25) is 4.72 Å². The zero-order chi connectivity index (χ0) is 16.4. The fourth-order valence-electron chi connectivity index (χ4n) is 2.04. The molecule has 0 unspecified atom stereocenters. The average molecular weight is 365 g/mol. The van der Waals surface area contributed by atoms with Gasteiger partial charge in [0.05, 0.1) is 10.2 Å². The molecule has 1 heterocycles. The van der Waals surface area contributed by atoms with E-state index >= 15 is 0 Å². The Balaban J connectivity index is 1.69. The molecule has 0 amide bonds. The second kappa shape index (κ2) is 6.51. The van der Waals surface area contributed by atoms with Crippen LogP contribution in [0.15, 0.2) is 46.8 Å². The van der Waals surface area contributed by atoms with Crippen LogP contribution in [0.2, 0.25) is 0 Å². The quantitative estimate of drug-likeness (QED) is 0.682. The van der Waals surface area contributed by atoms with Crippen LogP contribution >= 0.6 is 23.1 Å². The molecule has 0 aliphatic rings. The molecular formula is C16H16N2O2S3. The maximum absolute atomic E-state index is 12.2. The van der Waals surface area contributed by atoms with Gasteiger partial charge in [-0.1, -0.05) is 35.5 Å². The lowest BCUT2D eigenvalue weighted by molar-refractivity contribution is 0.605. The molecule has 3 rings (SSSR count). The summed E-state index contributed by atoms with van der Waals surface area (Å²) in [5, 5.41) is -0.0559. The topological polar surface area (TPSA) is 59.1 Å². The Morgan fingerprint density at radius 1 is 1.09 bits per heavy atom. The van der Waals surface area contributed by atoms with E-state index < -0.39 is 10.0 Å². The summed E-state index contributed by atoms with van der Waals surface area (Å²) in [6.07, 6.45) is 0. The van der Waals surface area contributed by atoms with Gasteiger partial charge in [0, 0.05) is 5.69 Å². The molecule has 0 atom stereocenters. The van der Waals surface area contributed by atoms with Crippen LogP contribution in [0.4, 0.5) is 5.69 Å². The van der Waals surface area contributed by atoms with Crippen molar-refractivity contribution in [1.82, 2.24) is 4.98 Å². The lowest BCUT2D eigenvalue weighted by Gasteiger charge is -2.07. The number of nitrogens with one attached hydrogen (secondary N) is 1. The molecular weight excluding hydrogens is 348 g/mol. The number of fused-ring (bicyclic) bond motifs is 1. The van der Waals surface area contributed by atoms with Crippen molar-refractivity contribution in [3.8, 4) is 0 Å². The van der Waals surface area contributed by atoms with Crippen LogP contribution in [0.3, 0.4) is 0 Å². The number of rotatable bonds is 5. The van der Waals surface area contributed by atoms with Gasteiger partial charge in [-0.05, 0) is 43.7 Å². The summed E-state index contributed by atoms with van der Waals surface area (Å²) in [6, 6.07) is 13.3. The van der Waals surface area contributed by atoms with Crippen molar-refractivity contribution in [1.29, 1.82) is 0 Å². The molecule has 3 aromatic rings. The van der Waals surface area contributed by atoms with Crippen molar-refractivity contribution in [2.45, 2.75) is 18.2 Å². The molecule has 0 aliphatic heterocycles. The van der Waals surface area contributed by atoms with E-state index in [4.69, 9.17) is 0 Å². The van der Waals surface area contributed by atoms with Crippen molar-refractivity contribution in [3.63, 3.8) is 0 Å². The minimum Gasteiger partial charge on any atom is -0.283 e. The summed E-state index contributed by atoms with van der Waals surface area (Å²) in [6.45, 7) is 3.98. The molecule has 0 aliphatic carbocycles. The van der Waals surface area contributed by atoms with Gasteiger partial charge in [0.1, 0.15) is 5.08 Å². The van der Waals surface area contributed by atoms with Gasteiger partial charge in [0.15, 0.2) is 4.34 Å². The summed E-state index contributed by atoms with van der Waals surface area (Å²) >= 11 is 2.75. The number of aromatic nitrogens is 1. The molecule has 0 fully saturated rings. The lowest BCUT2D eigenvalue weighted by atomic mass is 10.2. The number of hydrogen-bond acceptors (Lipinski definition) is 5. The first-order valence-electron chi connectivity index (χ1n) is 6.98. The molecule has 1 aromatic heterocycles. The highest BCUT2D eigenvalue weighted by Crippen LogP contribution is 2.30. The normalized spacial score (nSPS) is 11.7. The molecule has 7 heteroatoms. The zero-order valence-electron chi connectivity index (χ0n) is 12.7. The van der Waals surface area contributed by atoms with Crippen molar-refractivity contribution >= 4 is 49.0 Å². The van der Waals surface area contributed by atoms with E-state index in [-0.39, 0.29) is 5.08 Å². The predicted octanol–water partition coefficient (Wildman–Crippen LogP) is 4.40. The molecule has 0 radical (unpaired) electrons. The predicted molar refractivity (Wildman–Crippen MR) is 98.8 cm³/mol. The van der Waals surface area contributed by atoms with E-state index in [0.717, 1.165) is 25.7 Å². The zero-order valence-corrected chi connectivity index (χ0v) is 15.2. The van der Waals surface area contributed by atoms with Crippen LogP contribution in [-0.2, 0) is 10.0 Å². The molecule has 0 saturated carbocycles. The Kier molecular flexibility index (Phi) is 4.61. The van der Waals surface area contributed by atoms with Crippen LogP contribution in [0, 0.1) is 13.8 Å². The maximum Gasteiger partial charge on any atom is 0.242 e. The third-order valence-electron chi connectivity index (χ3n) is 3.19. The summed E-state index contributed by atoms with van der Waals surface area (Å²) < 4.78 is 28.8. The second-order valence-electron chi connectivity index (χ2n) is 5.30. The monoisotopic (exact) mass is 364 g/mol. The van der Waals surface area contributed by atoms with Gasteiger partial charge in [-0.15, -0.1) is 11.3 Å². The summed E-state index contributed by atoms with van der Waals surface area (Å²) in [7, 11) is -3.41. The van der Waals surface area contributed by atoms with Crippen LogP contribution in [0.5, 0.6) is 0 Å². The molecule has 0 bridgehead atoms. The number of thioether (sulfide) groups is 1.